The van der Waals surface area contributed by atoms with Crippen molar-refractivity contribution in [2.45, 2.75) is 24.5 Å². The van der Waals surface area contributed by atoms with Gasteiger partial charge in [-0.1, -0.05) is 0 Å². The van der Waals surface area contributed by atoms with E-state index in [9.17, 15) is 15.0 Å². The lowest BCUT2D eigenvalue weighted by Gasteiger charge is -2.17. The first-order chi connectivity index (χ1) is 10.5. The topological polar surface area (TPSA) is 170 Å². The van der Waals surface area contributed by atoms with Crippen molar-refractivity contribution in [3.8, 4) is 6.07 Å². The molecule has 0 aromatic carbocycles. The van der Waals surface area contributed by atoms with Gasteiger partial charge in [-0.15, -0.1) is 0 Å². The van der Waals surface area contributed by atoms with E-state index < -0.39 is 36.7 Å². The zero-order chi connectivity index (χ0) is 16.0. The Balaban J connectivity index is 2.20. The highest BCUT2D eigenvalue weighted by Gasteiger charge is 2.44. The minimum absolute atomic E-state index is 0.00874. The molecule has 10 heteroatoms. The van der Waals surface area contributed by atoms with Gasteiger partial charge in [0.05, 0.1) is 12.2 Å². The summed E-state index contributed by atoms with van der Waals surface area (Å²) >= 11 is 0. The van der Waals surface area contributed by atoms with Gasteiger partial charge >= 0.3 is 0 Å². The highest BCUT2D eigenvalue weighted by molar-refractivity contribution is 5.83. The number of nitrogens with one attached hydrogen (secondary N) is 1. The van der Waals surface area contributed by atoms with Crippen molar-refractivity contribution >= 4 is 17.0 Å². The normalized spacial score (nSPS) is 28.1. The fourth-order valence-electron chi connectivity index (χ4n) is 2.56. The quantitative estimate of drug-likeness (QED) is 0.415. The summed E-state index contributed by atoms with van der Waals surface area (Å²) in [6.07, 6.45) is -3.47. The third-order valence-corrected chi connectivity index (χ3v) is 3.61. The zero-order valence-electron chi connectivity index (χ0n) is 11.2. The maximum atomic E-state index is 11.9. The maximum Gasteiger partial charge on any atom is 0.263 e. The lowest BCUT2D eigenvalue weighted by Crippen LogP contribution is -2.33. The summed E-state index contributed by atoms with van der Waals surface area (Å²) in [6, 6.07) is 1.85. The molecule has 4 atom stereocenters. The third kappa shape index (κ3) is 1.96. The van der Waals surface area contributed by atoms with Gasteiger partial charge in [0.15, 0.2) is 11.9 Å². The number of hydrogen-bond donors (Lipinski definition) is 5. The molecule has 1 aliphatic heterocycles. The molecule has 1 saturated heterocycles. The molecule has 10 nitrogen and oxygen atoms in total. The first kappa shape index (κ1) is 14.5. The van der Waals surface area contributed by atoms with Crippen LogP contribution in [0.5, 0.6) is 0 Å². The van der Waals surface area contributed by atoms with E-state index in [0.29, 0.717) is 0 Å². The number of H-pyrrole nitrogens is 1. The Morgan fingerprint density at radius 3 is 2.82 bits per heavy atom. The van der Waals surface area contributed by atoms with Crippen LogP contribution in [-0.2, 0) is 4.74 Å². The molecule has 1 aliphatic rings. The Hall–Kier alpha value is -2.45. The summed E-state index contributed by atoms with van der Waals surface area (Å²) in [5, 5.41) is 38.1. The van der Waals surface area contributed by atoms with Gasteiger partial charge in [-0.25, -0.2) is 0 Å². The summed E-state index contributed by atoms with van der Waals surface area (Å²) in [4.78, 5) is 18.2. The zero-order valence-corrected chi connectivity index (χ0v) is 11.2. The predicted molar refractivity (Wildman–Crippen MR) is 72.5 cm³/mol. The molecule has 22 heavy (non-hydrogen) atoms. The molecule has 3 rings (SSSR count). The van der Waals surface area contributed by atoms with Crippen molar-refractivity contribution in [1.82, 2.24) is 14.5 Å². The number of nitrogen functional groups attached to an aromatic ring is 1. The number of hydrogen-bond acceptors (Lipinski definition) is 8. The fourth-order valence-corrected chi connectivity index (χ4v) is 2.56. The SMILES string of the molecule is N#Cc1cn(C2O[C@H](CO)[C@@H](O)[C@@H]2O)c2nc(N)[nH]c(=O)c12. The molecule has 6 N–H and O–H groups in total. The Labute approximate surface area is 123 Å². The number of aliphatic hydroxyl groups is 3. The summed E-state index contributed by atoms with van der Waals surface area (Å²) in [6.45, 7) is -0.491. The molecule has 0 saturated carbocycles. The molecule has 0 amide bonds. The number of rotatable bonds is 2. The van der Waals surface area contributed by atoms with Gasteiger partial charge in [-0.3, -0.25) is 9.78 Å². The molecular weight excluding hydrogens is 294 g/mol. The number of nitrogens with two attached hydrogens (primary N) is 1. The summed E-state index contributed by atoms with van der Waals surface area (Å²) in [7, 11) is 0. The van der Waals surface area contributed by atoms with Crippen LogP contribution >= 0.6 is 0 Å². The van der Waals surface area contributed by atoms with Gasteiger partial charge in [-0.2, -0.15) is 10.2 Å². The lowest BCUT2D eigenvalue weighted by molar-refractivity contribution is -0.0508. The Kier molecular flexibility index (Phi) is 3.34. The van der Waals surface area contributed by atoms with Gasteiger partial charge in [-0.05, 0) is 0 Å². The average molecular weight is 307 g/mol. The highest BCUT2D eigenvalue weighted by Crippen LogP contribution is 2.32. The van der Waals surface area contributed by atoms with E-state index in [1.165, 1.54) is 10.8 Å². The standard InChI is InChI=1S/C12H13N5O5/c13-1-4-2-17(9-6(4)10(21)16-12(14)15-9)11-8(20)7(19)5(3-18)22-11/h2,5,7-8,11,18-20H,3H2,(H3,14,15,16,21)/t5-,7-,8+,11?/m1/s1. The minimum Gasteiger partial charge on any atom is -0.394 e. The van der Waals surface area contributed by atoms with E-state index in [1.807, 2.05) is 6.07 Å². The molecular formula is C12H13N5O5. The summed E-state index contributed by atoms with van der Waals surface area (Å²) in [5.41, 5.74) is 4.99. The highest BCUT2D eigenvalue weighted by atomic mass is 16.6. The van der Waals surface area contributed by atoms with E-state index in [1.54, 1.807) is 0 Å². The molecule has 0 bridgehead atoms. The molecule has 1 fully saturated rings. The number of fused-ring (bicyclic) bond motifs is 1. The summed E-state index contributed by atoms with van der Waals surface area (Å²) < 4.78 is 6.63. The second-order valence-electron chi connectivity index (χ2n) is 4.94. The first-order valence-electron chi connectivity index (χ1n) is 6.40. The monoisotopic (exact) mass is 307 g/mol. The smallest absolute Gasteiger partial charge is 0.263 e. The molecule has 0 aliphatic carbocycles. The molecule has 3 heterocycles. The number of ether oxygens (including phenoxy) is 1. The molecule has 2 aromatic heterocycles. The van der Waals surface area contributed by atoms with E-state index in [2.05, 4.69) is 9.97 Å². The molecule has 0 radical (unpaired) electrons. The van der Waals surface area contributed by atoms with Crippen LogP contribution in [0, 0.1) is 11.3 Å². The van der Waals surface area contributed by atoms with E-state index in [-0.39, 0.29) is 22.5 Å². The third-order valence-electron chi connectivity index (χ3n) is 3.61. The number of aliphatic hydroxyl groups excluding tert-OH is 3. The van der Waals surface area contributed by atoms with Gasteiger partial charge in [0.1, 0.15) is 29.8 Å². The lowest BCUT2D eigenvalue weighted by atomic mass is 10.1. The van der Waals surface area contributed by atoms with Crippen molar-refractivity contribution in [2.75, 3.05) is 12.3 Å². The van der Waals surface area contributed by atoms with Crippen LogP contribution in [0.2, 0.25) is 0 Å². The molecule has 2 aromatic rings. The fraction of sp³-hybridized carbons (Fsp3) is 0.417. The predicted octanol–water partition coefficient (Wildman–Crippen LogP) is -2.21. The van der Waals surface area contributed by atoms with Gasteiger partial charge in [0.2, 0.25) is 5.95 Å². The van der Waals surface area contributed by atoms with E-state index in [4.69, 9.17) is 20.8 Å². The van der Waals surface area contributed by atoms with Crippen LogP contribution in [0.15, 0.2) is 11.0 Å². The second kappa shape index (κ2) is 5.08. The minimum atomic E-state index is -1.36. The van der Waals surface area contributed by atoms with Crippen molar-refractivity contribution in [3.63, 3.8) is 0 Å². The van der Waals surface area contributed by atoms with Gasteiger partial charge in [0, 0.05) is 6.20 Å². The van der Waals surface area contributed by atoms with Crippen LogP contribution in [0.25, 0.3) is 11.0 Å². The van der Waals surface area contributed by atoms with Crippen molar-refractivity contribution in [1.29, 1.82) is 5.26 Å². The van der Waals surface area contributed by atoms with Crippen LogP contribution in [0.3, 0.4) is 0 Å². The van der Waals surface area contributed by atoms with Gasteiger partial charge < -0.3 is 30.4 Å². The van der Waals surface area contributed by atoms with E-state index >= 15 is 0 Å². The van der Waals surface area contributed by atoms with Crippen molar-refractivity contribution in [2.24, 2.45) is 0 Å². The summed E-state index contributed by atoms with van der Waals surface area (Å²) in [5.74, 6) is -0.159. The first-order valence-corrected chi connectivity index (χ1v) is 6.40. The molecule has 0 spiro atoms. The number of anilines is 1. The maximum absolute atomic E-state index is 11.9. The van der Waals surface area contributed by atoms with Crippen LogP contribution in [0.1, 0.15) is 11.8 Å². The average Bonchev–Trinajstić information content (AvgIpc) is 2.98. The molecule has 116 valence electrons. The number of aromatic amines is 1. The van der Waals surface area contributed by atoms with Crippen LogP contribution < -0.4 is 11.3 Å². The van der Waals surface area contributed by atoms with Crippen molar-refractivity contribution in [3.05, 3.63) is 22.1 Å². The number of aromatic nitrogens is 3. The Morgan fingerprint density at radius 2 is 2.23 bits per heavy atom. The Bertz CT molecular complexity index is 822. The van der Waals surface area contributed by atoms with Crippen LogP contribution in [0.4, 0.5) is 5.95 Å². The largest absolute Gasteiger partial charge is 0.394 e. The number of nitriles is 1. The second-order valence-corrected chi connectivity index (χ2v) is 4.94. The van der Waals surface area contributed by atoms with Gasteiger partial charge in [0.25, 0.3) is 5.56 Å². The number of nitrogens with zero attached hydrogens (tertiary/aromatic N) is 3. The van der Waals surface area contributed by atoms with Crippen molar-refractivity contribution < 1.29 is 20.1 Å². The van der Waals surface area contributed by atoms with Crippen LogP contribution in [-0.4, -0.2) is 54.8 Å². The van der Waals surface area contributed by atoms with E-state index in [0.717, 1.165) is 0 Å². The Morgan fingerprint density at radius 1 is 1.50 bits per heavy atom. The molecule has 1 unspecified atom stereocenters.